The van der Waals surface area contributed by atoms with E-state index < -0.39 is 0 Å². The Kier molecular flexibility index (Phi) is 4.97. The molecular formula is C14H18ClN5OS. The fraction of sp³-hybridized carbons (Fsp3) is 0.357. The zero-order chi connectivity index (χ0) is 16.3. The molecule has 3 N–H and O–H groups in total. The van der Waals surface area contributed by atoms with E-state index in [1.165, 1.54) is 16.4 Å². The quantitative estimate of drug-likeness (QED) is 0.660. The van der Waals surface area contributed by atoms with Crippen LogP contribution in [-0.4, -0.2) is 26.5 Å². The minimum absolute atomic E-state index is 0.171. The van der Waals surface area contributed by atoms with Gasteiger partial charge in [-0.2, -0.15) is 0 Å². The lowest BCUT2D eigenvalue weighted by molar-refractivity contribution is -0.113. The number of nitrogens with two attached hydrogens (primary N) is 1. The van der Waals surface area contributed by atoms with Crippen LogP contribution in [-0.2, 0) is 10.2 Å². The van der Waals surface area contributed by atoms with E-state index in [2.05, 4.69) is 15.5 Å². The molecule has 0 atom stereocenters. The van der Waals surface area contributed by atoms with Crippen LogP contribution < -0.4 is 11.2 Å². The Morgan fingerprint density at radius 1 is 1.36 bits per heavy atom. The number of nitrogens with one attached hydrogen (secondary N) is 1. The Balaban J connectivity index is 1.98. The summed E-state index contributed by atoms with van der Waals surface area (Å²) in [6.45, 7) is 6.00. The molecule has 1 amide bonds. The van der Waals surface area contributed by atoms with E-state index in [9.17, 15) is 4.79 Å². The normalized spacial score (nSPS) is 11.5. The van der Waals surface area contributed by atoms with Gasteiger partial charge in [-0.05, 0) is 12.1 Å². The molecule has 0 unspecified atom stereocenters. The van der Waals surface area contributed by atoms with Gasteiger partial charge in [-0.3, -0.25) is 4.79 Å². The van der Waals surface area contributed by atoms with Crippen molar-refractivity contribution in [2.45, 2.75) is 31.3 Å². The average molecular weight is 340 g/mol. The van der Waals surface area contributed by atoms with Gasteiger partial charge in [-0.25, -0.2) is 4.68 Å². The molecule has 0 saturated heterocycles. The number of carbonyl (C=O) groups is 1. The fourth-order valence-corrected chi connectivity index (χ4v) is 2.61. The second-order valence-corrected chi connectivity index (χ2v) is 7.09. The van der Waals surface area contributed by atoms with E-state index in [0.29, 0.717) is 21.7 Å². The van der Waals surface area contributed by atoms with Gasteiger partial charge in [0.2, 0.25) is 11.1 Å². The summed E-state index contributed by atoms with van der Waals surface area (Å²) in [6.07, 6.45) is 0. The standard InChI is InChI=1S/C14H18ClN5OS/c1-14(2,3)12-18-19-13(20(12)16)22-8-11(21)17-10-7-5-4-6-9(10)15/h4-7H,8,16H2,1-3H3,(H,17,21). The molecule has 22 heavy (non-hydrogen) atoms. The number of rotatable bonds is 4. The molecule has 6 nitrogen and oxygen atoms in total. The van der Waals surface area contributed by atoms with Crippen LogP contribution in [0, 0.1) is 0 Å². The molecule has 2 rings (SSSR count). The largest absolute Gasteiger partial charge is 0.336 e. The Labute approximate surface area is 138 Å². The second kappa shape index (κ2) is 6.58. The predicted octanol–water partition coefficient (Wildman–Crippen LogP) is 2.67. The number of hydrogen-bond acceptors (Lipinski definition) is 5. The first-order valence-electron chi connectivity index (χ1n) is 6.67. The number of nitrogen functional groups attached to an aromatic ring is 1. The van der Waals surface area contributed by atoms with Crippen LogP contribution in [0.3, 0.4) is 0 Å². The summed E-state index contributed by atoms with van der Waals surface area (Å²) in [7, 11) is 0. The maximum atomic E-state index is 12.0. The number of aromatic nitrogens is 3. The molecule has 0 bridgehead atoms. The number of nitrogens with zero attached hydrogens (tertiary/aromatic N) is 3. The van der Waals surface area contributed by atoms with Gasteiger partial charge in [0.05, 0.1) is 16.5 Å². The first-order valence-corrected chi connectivity index (χ1v) is 8.03. The van der Waals surface area contributed by atoms with Gasteiger partial charge in [-0.15, -0.1) is 10.2 Å². The van der Waals surface area contributed by atoms with Crippen molar-refractivity contribution >= 4 is 35.0 Å². The van der Waals surface area contributed by atoms with Gasteiger partial charge in [0.15, 0.2) is 5.82 Å². The second-order valence-electron chi connectivity index (χ2n) is 5.74. The average Bonchev–Trinajstić information content (AvgIpc) is 2.80. The van der Waals surface area contributed by atoms with Crippen LogP contribution in [0.1, 0.15) is 26.6 Å². The maximum Gasteiger partial charge on any atom is 0.234 e. The molecule has 0 aliphatic carbocycles. The van der Waals surface area contributed by atoms with Gasteiger partial charge in [0, 0.05) is 5.41 Å². The van der Waals surface area contributed by atoms with Crippen molar-refractivity contribution in [2.24, 2.45) is 0 Å². The summed E-state index contributed by atoms with van der Waals surface area (Å²) in [5, 5.41) is 11.8. The smallest absolute Gasteiger partial charge is 0.234 e. The molecule has 0 fully saturated rings. The van der Waals surface area contributed by atoms with Crippen LogP contribution >= 0.6 is 23.4 Å². The molecule has 0 saturated carbocycles. The van der Waals surface area contributed by atoms with Crippen LogP contribution in [0.4, 0.5) is 5.69 Å². The Morgan fingerprint density at radius 2 is 2.05 bits per heavy atom. The van der Waals surface area contributed by atoms with Crippen LogP contribution in [0.25, 0.3) is 0 Å². The molecule has 8 heteroatoms. The number of anilines is 1. The SMILES string of the molecule is CC(C)(C)c1nnc(SCC(=O)Nc2ccccc2Cl)n1N. The van der Waals surface area contributed by atoms with Gasteiger partial charge in [0.25, 0.3) is 0 Å². The zero-order valence-electron chi connectivity index (χ0n) is 12.6. The third-order valence-corrected chi connectivity index (χ3v) is 4.09. The predicted molar refractivity (Wildman–Crippen MR) is 89.7 cm³/mol. The lowest BCUT2D eigenvalue weighted by Crippen LogP contribution is -2.24. The summed E-state index contributed by atoms with van der Waals surface area (Å²) >= 11 is 7.22. The molecule has 0 spiro atoms. The first kappa shape index (κ1) is 16.6. The van der Waals surface area contributed by atoms with Gasteiger partial charge >= 0.3 is 0 Å². The Bertz CT molecular complexity index is 680. The summed E-state index contributed by atoms with van der Waals surface area (Å²) < 4.78 is 1.42. The number of carbonyl (C=O) groups excluding carboxylic acids is 1. The highest BCUT2D eigenvalue weighted by Gasteiger charge is 2.23. The van der Waals surface area contributed by atoms with Gasteiger partial charge < -0.3 is 11.2 Å². The van der Waals surface area contributed by atoms with Gasteiger partial charge in [-0.1, -0.05) is 56.3 Å². The van der Waals surface area contributed by atoms with E-state index in [1.54, 1.807) is 24.3 Å². The topological polar surface area (TPSA) is 85.8 Å². The van der Waals surface area contributed by atoms with E-state index >= 15 is 0 Å². The van der Waals surface area contributed by atoms with Crippen molar-refractivity contribution in [1.29, 1.82) is 0 Å². The maximum absolute atomic E-state index is 12.0. The van der Waals surface area contributed by atoms with E-state index in [-0.39, 0.29) is 17.1 Å². The van der Waals surface area contributed by atoms with E-state index in [4.69, 9.17) is 17.4 Å². The summed E-state index contributed by atoms with van der Waals surface area (Å²) in [4.78, 5) is 12.0. The minimum atomic E-state index is -0.208. The molecule has 0 radical (unpaired) electrons. The van der Waals surface area contributed by atoms with Gasteiger partial charge in [0.1, 0.15) is 0 Å². The molecule has 1 heterocycles. The molecule has 1 aromatic heterocycles. The lowest BCUT2D eigenvalue weighted by Gasteiger charge is -2.16. The highest BCUT2D eigenvalue weighted by molar-refractivity contribution is 7.99. The van der Waals surface area contributed by atoms with E-state index in [1.807, 2.05) is 20.8 Å². The van der Waals surface area contributed by atoms with E-state index in [0.717, 1.165) is 0 Å². The summed E-state index contributed by atoms with van der Waals surface area (Å²) in [5.74, 6) is 6.63. The third kappa shape index (κ3) is 3.92. The van der Waals surface area contributed by atoms with Crippen LogP contribution in [0.5, 0.6) is 0 Å². The highest BCUT2D eigenvalue weighted by atomic mass is 35.5. The van der Waals surface area contributed by atoms with Crippen molar-refractivity contribution < 1.29 is 4.79 Å². The summed E-state index contributed by atoms with van der Waals surface area (Å²) in [6, 6.07) is 7.07. The number of benzene rings is 1. The monoisotopic (exact) mass is 339 g/mol. The lowest BCUT2D eigenvalue weighted by atomic mass is 9.96. The number of para-hydroxylation sites is 1. The molecule has 0 aliphatic heterocycles. The highest BCUT2D eigenvalue weighted by Crippen LogP contribution is 2.24. The number of amides is 1. The number of hydrogen-bond donors (Lipinski definition) is 2. The van der Waals surface area contributed by atoms with Crippen LogP contribution in [0.15, 0.2) is 29.4 Å². The van der Waals surface area contributed by atoms with Crippen LogP contribution in [0.2, 0.25) is 5.02 Å². The van der Waals surface area contributed by atoms with Crippen molar-refractivity contribution in [3.05, 3.63) is 35.1 Å². The number of thioether (sulfide) groups is 1. The molecular weight excluding hydrogens is 322 g/mol. The van der Waals surface area contributed by atoms with Crippen molar-refractivity contribution in [1.82, 2.24) is 14.9 Å². The van der Waals surface area contributed by atoms with Crippen molar-refractivity contribution in [3.8, 4) is 0 Å². The Hall–Kier alpha value is -1.73. The molecule has 2 aromatic rings. The van der Waals surface area contributed by atoms with Crippen molar-refractivity contribution in [2.75, 3.05) is 16.9 Å². The molecule has 118 valence electrons. The molecule has 1 aromatic carbocycles. The summed E-state index contributed by atoms with van der Waals surface area (Å²) in [5.41, 5.74) is 0.375. The zero-order valence-corrected chi connectivity index (χ0v) is 14.2. The third-order valence-electron chi connectivity index (χ3n) is 2.82. The Morgan fingerprint density at radius 3 is 2.64 bits per heavy atom. The fourth-order valence-electron chi connectivity index (χ4n) is 1.77. The molecule has 0 aliphatic rings. The number of halogens is 1. The minimum Gasteiger partial charge on any atom is -0.336 e. The first-order chi connectivity index (χ1) is 10.3. The van der Waals surface area contributed by atoms with Crippen molar-refractivity contribution in [3.63, 3.8) is 0 Å².